The average molecular weight is 292 g/mol. The molecule has 21 heavy (non-hydrogen) atoms. The third-order valence-electron chi connectivity index (χ3n) is 4.55. The maximum Gasteiger partial charge on any atom is 0.127 e. The Kier molecular flexibility index (Phi) is 5.88. The van der Waals surface area contributed by atoms with Crippen molar-refractivity contribution in [3.05, 3.63) is 23.8 Å². The molecule has 0 saturated carbocycles. The van der Waals surface area contributed by atoms with Gasteiger partial charge in [0.1, 0.15) is 11.5 Å². The number of methoxy groups -OCH3 is 2. The van der Waals surface area contributed by atoms with Gasteiger partial charge in [-0.25, -0.2) is 0 Å². The van der Waals surface area contributed by atoms with Crippen molar-refractivity contribution in [1.29, 1.82) is 0 Å². The van der Waals surface area contributed by atoms with Gasteiger partial charge in [0.2, 0.25) is 0 Å². The van der Waals surface area contributed by atoms with Crippen LogP contribution in [0.25, 0.3) is 0 Å². The zero-order chi connectivity index (χ0) is 15.2. The molecule has 4 heteroatoms. The van der Waals surface area contributed by atoms with Crippen molar-refractivity contribution in [3.63, 3.8) is 0 Å². The van der Waals surface area contributed by atoms with E-state index < -0.39 is 0 Å². The molecule has 1 aliphatic heterocycles. The van der Waals surface area contributed by atoms with Crippen LogP contribution in [0, 0.1) is 0 Å². The smallest absolute Gasteiger partial charge is 0.127 e. The summed E-state index contributed by atoms with van der Waals surface area (Å²) in [4.78, 5) is 2.60. The second kappa shape index (κ2) is 7.66. The van der Waals surface area contributed by atoms with Gasteiger partial charge in [-0.1, -0.05) is 13.0 Å². The van der Waals surface area contributed by atoms with Gasteiger partial charge in [0, 0.05) is 30.3 Å². The standard InChI is InChI=1S/C17H28N2O2/c1-5-13-7-6-10-19(13)12-16(18-2)15-9-8-14(20-3)11-17(15)21-4/h8-9,11,13,16,18H,5-7,10,12H2,1-4H3. The first kappa shape index (κ1) is 16.1. The molecule has 1 aromatic carbocycles. The van der Waals surface area contributed by atoms with Gasteiger partial charge in [-0.3, -0.25) is 4.90 Å². The largest absolute Gasteiger partial charge is 0.497 e. The van der Waals surface area contributed by atoms with E-state index in [1.54, 1.807) is 14.2 Å². The minimum atomic E-state index is 0.276. The maximum absolute atomic E-state index is 5.55. The molecule has 0 aliphatic carbocycles. The van der Waals surface area contributed by atoms with Crippen LogP contribution in [-0.2, 0) is 0 Å². The second-order valence-electron chi connectivity index (χ2n) is 5.65. The van der Waals surface area contributed by atoms with Gasteiger partial charge < -0.3 is 14.8 Å². The van der Waals surface area contributed by atoms with Crippen molar-refractivity contribution >= 4 is 0 Å². The van der Waals surface area contributed by atoms with Gasteiger partial charge in [-0.15, -0.1) is 0 Å². The molecule has 1 N–H and O–H groups in total. The van der Waals surface area contributed by atoms with Crippen molar-refractivity contribution in [2.45, 2.75) is 38.3 Å². The van der Waals surface area contributed by atoms with Crippen LogP contribution in [-0.4, -0.2) is 45.3 Å². The molecule has 4 nitrogen and oxygen atoms in total. The van der Waals surface area contributed by atoms with E-state index in [1.165, 1.54) is 31.4 Å². The predicted octanol–water partition coefficient (Wildman–Crippen LogP) is 2.84. The van der Waals surface area contributed by atoms with Crippen LogP contribution in [0.1, 0.15) is 37.8 Å². The zero-order valence-corrected chi connectivity index (χ0v) is 13.7. The number of hydrogen-bond donors (Lipinski definition) is 1. The molecule has 1 aliphatic rings. The summed E-state index contributed by atoms with van der Waals surface area (Å²) in [5, 5.41) is 3.44. The summed E-state index contributed by atoms with van der Waals surface area (Å²) in [5.41, 5.74) is 1.20. The van der Waals surface area contributed by atoms with Gasteiger partial charge >= 0.3 is 0 Å². The Bertz CT molecular complexity index is 450. The number of nitrogens with zero attached hydrogens (tertiary/aromatic N) is 1. The lowest BCUT2D eigenvalue weighted by atomic mass is 10.0. The second-order valence-corrected chi connectivity index (χ2v) is 5.65. The number of hydrogen-bond acceptors (Lipinski definition) is 4. The Morgan fingerprint density at radius 2 is 2.14 bits per heavy atom. The summed E-state index contributed by atoms with van der Waals surface area (Å²) in [6.07, 6.45) is 3.87. The van der Waals surface area contributed by atoms with Crippen LogP contribution in [0.5, 0.6) is 11.5 Å². The Morgan fingerprint density at radius 1 is 1.33 bits per heavy atom. The van der Waals surface area contributed by atoms with Crippen molar-refractivity contribution in [2.75, 3.05) is 34.4 Å². The molecular formula is C17H28N2O2. The highest BCUT2D eigenvalue weighted by Gasteiger charge is 2.26. The molecule has 2 atom stereocenters. The molecule has 2 rings (SSSR count). The van der Waals surface area contributed by atoms with Crippen LogP contribution in [0.3, 0.4) is 0 Å². The Balaban J connectivity index is 2.17. The van der Waals surface area contributed by atoms with Gasteiger partial charge in [-0.05, 0) is 38.9 Å². The van der Waals surface area contributed by atoms with Gasteiger partial charge in [0.25, 0.3) is 0 Å². The lowest BCUT2D eigenvalue weighted by Crippen LogP contribution is -2.37. The molecule has 1 heterocycles. The van der Waals surface area contributed by atoms with E-state index in [0.29, 0.717) is 0 Å². The Hall–Kier alpha value is -1.26. The fraction of sp³-hybridized carbons (Fsp3) is 0.647. The SMILES string of the molecule is CCC1CCCN1CC(NC)c1ccc(OC)cc1OC. The molecule has 118 valence electrons. The van der Waals surface area contributed by atoms with Crippen molar-refractivity contribution in [1.82, 2.24) is 10.2 Å². The van der Waals surface area contributed by atoms with Crippen LogP contribution in [0.15, 0.2) is 18.2 Å². The quantitative estimate of drug-likeness (QED) is 0.838. The highest BCUT2D eigenvalue weighted by molar-refractivity contribution is 5.42. The number of likely N-dealkylation sites (tertiary alicyclic amines) is 1. The fourth-order valence-corrected chi connectivity index (χ4v) is 3.28. The third kappa shape index (κ3) is 3.69. The lowest BCUT2D eigenvalue weighted by Gasteiger charge is -2.29. The molecule has 0 amide bonds. The number of ether oxygens (including phenoxy) is 2. The van der Waals surface area contributed by atoms with Gasteiger partial charge in [-0.2, -0.15) is 0 Å². The summed E-state index contributed by atoms with van der Waals surface area (Å²) in [7, 11) is 5.42. The van der Waals surface area contributed by atoms with E-state index in [1.807, 2.05) is 19.2 Å². The molecule has 1 aromatic rings. The summed E-state index contributed by atoms with van der Waals surface area (Å²) in [6.45, 7) is 4.51. The summed E-state index contributed by atoms with van der Waals surface area (Å²) < 4.78 is 10.8. The molecule has 0 aromatic heterocycles. The molecule has 0 bridgehead atoms. The molecule has 1 saturated heterocycles. The van der Waals surface area contributed by atoms with E-state index in [2.05, 4.69) is 23.2 Å². The number of likely N-dealkylation sites (N-methyl/N-ethyl adjacent to an activating group) is 1. The molecular weight excluding hydrogens is 264 g/mol. The monoisotopic (exact) mass is 292 g/mol. The highest BCUT2D eigenvalue weighted by Crippen LogP contribution is 2.31. The molecule has 1 fully saturated rings. The van der Waals surface area contributed by atoms with Crippen LogP contribution in [0.2, 0.25) is 0 Å². The van der Waals surface area contributed by atoms with E-state index in [9.17, 15) is 0 Å². The van der Waals surface area contributed by atoms with Gasteiger partial charge in [0.05, 0.1) is 14.2 Å². The van der Waals surface area contributed by atoms with E-state index in [-0.39, 0.29) is 6.04 Å². The van der Waals surface area contributed by atoms with Crippen LogP contribution >= 0.6 is 0 Å². The summed E-state index contributed by atoms with van der Waals surface area (Å²) >= 11 is 0. The maximum atomic E-state index is 5.55. The van der Waals surface area contributed by atoms with Gasteiger partial charge in [0.15, 0.2) is 0 Å². The first-order valence-corrected chi connectivity index (χ1v) is 7.86. The normalized spacial score (nSPS) is 20.5. The number of rotatable bonds is 7. The van der Waals surface area contributed by atoms with E-state index in [4.69, 9.17) is 9.47 Å². The highest BCUT2D eigenvalue weighted by atomic mass is 16.5. The first-order valence-electron chi connectivity index (χ1n) is 7.86. The minimum Gasteiger partial charge on any atom is -0.497 e. The Labute approximate surface area is 128 Å². The topological polar surface area (TPSA) is 33.7 Å². The van der Waals surface area contributed by atoms with Crippen molar-refractivity contribution in [2.24, 2.45) is 0 Å². The Morgan fingerprint density at radius 3 is 2.76 bits per heavy atom. The fourth-order valence-electron chi connectivity index (χ4n) is 3.28. The average Bonchev–Trinajstić information content (AvgIpc) is 2.99. The zero-order valence-electron chi connectivity index (χ0n) is 13.7. The number of benzene rings is 1. The summed E-state index contributed by atoms with van der Waals surface area (Å²) in [6, 6.07) is 7.07. The van der Waals surface area contributed by atoms with E-state index in [0.717, 1.165) is 24.1 Å². The van der Waals surface area contributed by atoms with Crippen LogP contribution in [0.4, 0.5) is 0 Å². The minimum absolute atomic E-state index is 0.276. The molecule has 0 spiro atoms. The first-order chi connectivity index (χ1) is 10.2. The molecule has 2 unspecified atom stereocenters. The van der Waals surface area contributed by atoms with Crippen LogP contribution < -0.4 is 14.8 Å². The summed E-state index contributed by atoms with van der Waals surface area (Å²) in [5.74, 6) is 1.72. The number of nitrogens with one attached hydrogen (secondary N) is 1. The van der Waals surface area contributed by atoms with Crippen molar-refractivity contribution in [3.8, 4) is 11.5 Å². The van der Waals surface area contributed by atoms with Crippen molar-refractivity contribution < 1.29 is 9.47 Å². The van der Waals surface area contributed by atoms with E-state index >= 15 is 0 Å². The molecule has 0 radical (unpaired) electrons. The lowest BCUT2D eigenvalue weighted by molar-refractivity contribution is 0.222. The third-order valence-corrected chi connectivity index (χ3v) is 4.55. The predicted molar refractivity (Wildman–Crippen MR) is 86.2 cm³/mol.